The van der Waals surface area contributed by atoms with Crippen LogP contribution >= 0.6 is 22.6 Å². The van der Waals surface area contributed by atoms with Crippen molar-refractivity contribution in [3.63, 3.8) is 0 Å². The molecule has 0 fully saturated rings. The molecule has 0 aliphatic rings. The third-order valence-electron chi connectivity index (χ3n) is 1.77. The van der Waals surface area contributed by atoms with E-state index in [4.69, 9.17) is 5.26 Å². The number of nitriles is 1. The van der Waals surface area contributed by atoms with Crippen LogP contribution in [0.1, 0.15) is 5.69 Å². The molecule has 0 unspecified atom stereocenters. The monoisotopic (exact) mass is 280 g/mol. The van der Waals surface area contributed by atoms with Crippen molar-refractivity contribution in [2.24, 2.45) is 0 Å². The third kappa shape index (κ3) is 1.63. The van der Waals surface area contributed by atoms with Gasteiger partial charge in [0.1, 0.15) is 11.8 Å². The summed E-state index contributed by atoms with van der Waals surface area (Å²) in [6.07, 6.45) is 0. The summed E-state index contributed by atoms with van der Waals surface area (Å²) in [5.41, 5.74) is 1.34. The molecule has 1 aromatic carbocycles. The Labute approximate surface area is 89.4 Å². The van der Waals surface area contributed by atoms with Crippen LogP contribution in [0.25, 0.3) is 10.9 Å². The predicted molar refractivity (Wildman–Crippen MR) is 59.2 cm³/mol. The van der Waals surface area contributed by atoms with Gasteiger partial charge in [-0.05, 0) is 52.9 Å². The van der Waals surface area contributed by atoms with Crippen molar-refractivity contribution in [3.05, 3.63) is 39.6 Å². The van der Waals surface area contributed by atoms with Gasteiger partial charge in [0.15, 0.2) is 0 Å². The summed E-state index contributed by atoms with van der Waals surface area (Å²) in [4.78, 5) is 4.17. The Morgan fingerprint density at radius 2 is 2.08 bits per heavy atom. The number of hydrogen-bond donors (Lipinski definition) is 0. The number of pyridine rings is 1. The highest BCUT2D eigenvalue weighted by Crippen LogP contribution is 2.15. The number of hydrogen-bond acceptors (Lipinski definition) is 2. The fraction of sp³-hybridized carbons (Fsp3) is 0. The summed E-state index contributed by atoms with van der Waals surface area (Å²) in [6.45, 7) is 0. The Balaban J connectivity index is 2.75. The van der Waals surface area contributed by atoms with Gasteiger partial charge in [-0.3, -0.25) is 0 Å². The minimum Gasteiger partial charge on any atom is -0.237 e. The third-order valence-corrected chi connectivity index (χ3v) is 2.44. The Kier molecular flexibility index (Phi) is 2.15. The van der Waals surface area contributed by atoms with E-state index in [1.165, 1.54) is 3.57 Å². The molecule has 0 saturated heterocycles. The van der Waals surface area contributed by atoms with Crippen LogP contribution in [-0.4, -0.2) is 4.98 Å². The van der Waals surface area contributed by atoms with Gasteiger partial charge in [-0.15, -0.1) is 0 Å². The van der Waals surface area contributed by atoms with Crippen molar-refractivity contribution in [2.75, 3.05) is 0 Å². The average molecular weight is 280 g/mol. The predicted octanol–water partition coefficient (Wildman–Crippen LogP) is 2.71. The standard InChI is InChI=1S/C10H5IN2/c11-8-2-4-10-7(5-8)1-3-9(6-12)13-10/h1-5H. The second kappa shape index (κ2) is 3.30. The lowest BCUT2D eigenvalue weighted by Gasteiger charge is -1.97. The van der Waals surface area contributed by atoms with Gasteiger partial charge in [0.05, 0.1) is 5.52 Å². The lowest BCUT2D eigenvalue weighted by atomic mass is 10.2. The molecule has 13 heavy (non-hydrogen) atoms. The van der Waals surface area contributed by atoms with E-state index in [1.54, 1.807) is 6.07 Å². The topological polar surface area (TPSA) is 36.7 Å². The molecule has 0 N–H and O–H groups in total. The van der Waals surface area contributed by atoms with E-state index >= 15 is 0 Å². The van der Waals surface area contributed by atoms with Crippen LogP contribution in [0.5, 0.6) is 0 Å². The van der Waals surface area contributed by atoms with Crippen molar-refractivity contribution >= 4 is 33.5 Å². The lowest BCUT2D eigenvalue weighted by Crippen LogP contribution is -1.84. The quantitative estimate of drug-likeness (QED) is 0.696. The van der Waals surface area contributed by atoms with Gasteiger partial charge < -0.3 is 0 Å². The zero-order valence-corrected chi connectivity index (χ0v) is 8.82. The van der Waals surface area contributed by atoms with Gasteiger partial charge >= 0.3 is 0 Å². The molecule has 0 bridgehead atoms. The van der Waals surface area contributed by atoms with Crippen LogP contribution in [0.4, 0.5) is 0 Å². The highest BCUT2D eigenvalue weighted by atomic mass is 127. The lowest BCUT2D eigenvalue weighted by molar-refractivity contribution is 1.32. The second-order valence-corrected chi connectivity index (χ2v) is 3.89. The first-order valence-corrected chi connectivity index (χ1v) is 4.84. The largest absolute Gasteiger partial charge is 0.237 e. The van der Waals surface area contributed by atoms with Crippen molar-refractivity contribution in [2.45, 2.75) is 0 Å². The molecule has 3 heteroatoms. The molecule has 2 aromatic rings. The molecule has 2 rings (SSSR count). The van der Waals surface area contributed by atoms with Crippen molar-refractivity contribution in [3.8, 4) is 6.07 Å². The first-order chi connectivity index (χ1) is 6.29. The molecular weight excluding hydrogens is 275 g/mol. The Morgan fingerprint density at radius 3 is 2.85 bits per heavy atom. The fourth-order valence-electron chi connectivity index (χ4n) is 1.16. The van der Waals surface area contributed by atoms with E-state index < -0.39 is 0 Å². The Hall–Kier alpha value is -1.15. The summed E-state index contributed by atoms with van der Waals surface area (Å²) in [5, 5.41) is 9.71. The Bertz CT molecular complexity index is 500. The highest BCUT2D eigenvalue weighted by Gasteiger charge is 1.97. The summed E-state index contributed by atoms with van der Waals surface area (Å²) in [6, 6.07) is 11.6. The van der Waals surface area contributed by atoms with Gasteiger partial charge in [-0.2, -0.15) is 5.26 Å². The molecular formula is C10H5IN2. The molecule has 0 saturated carbocycles. The number of rotatable bonds is 0. The van der Waals surface area contributed by atoms with E-state index in [-0.39, 0.29) is 0 Å². The van der Waals surface area contributed by atoms with Crippen LogP contribution in [0.2, 0.25) is 0 Å². The number of aromatic nitrogens is 1. The minimum atomic E-state index is 0.466. The van der Waals surface area contributed by atoms with E-state index in [9.17, 15) is 0 Å². The molecule has 0 aliphatic heterocycles. The number of fused-ring (bicyclic) bond motifs is 1. The van der Waals surface area contributed by atoms with E-state index in [1.807, 2.05) is 30.3 Å². The Morgan fingerprint density at radius 1 is 1.23 bits per heavy atom. The van der Waals surface area contributed by atoms with Crippen molar-refractivity contribution < 1.29 is 0 Å². The summed E-state index contributed by atoms with van der Waals surface area (Å²) >= 11 is 2.25. The maximum absolute atomic E-state index is 8.64. The van der Waals surface area contributed by atoms with Crippen LogP contribution < -0.4 is 0 Å². The SMILES string of the molecule is N#Cc1ccc2cc(I)ccc2n1. The van der Waals surface area contributed by atoms with E-state index in [2.05, 4.69) is 27.6 Å². The molecule has 2 nitrogen and oxygen atoms in total. The molecule has 62 valence electrons. The average Bonchev–Trinajstić information content (AvgIpc) is 2.17. The molecule has 1 heterocycles. The molecule has 0 amide bonds. The van der Waals surface area contributed by atoms with Gasteiger partial charge in [0.2, 0.25) is 0 Å². The van der Waals surface area contributed by atoms with Gasteiger partial charge in [0.25, 0.3) is 0 Å². The number of benzene rings is 1. The minimum absolute atomic E-state index is 0.466. The highest BCUT2D eigenvalue weighted by molar-refractivity contribution is 14.1. The zero-order valence-electron chi connectivity index (χ0n) is 6.66. The van der Waals surface area contributed by atoms with E-state index in [0.717, 1.165) is 10.9 Å². The molecule has 0 atom stereocenters. The molecule has 0 radical (unpaired) electrons. The summed E-state index contributed by atoms with van der Waals surface area (Å²) in [7, 11) is 0. The van der Waals surface area contributed by atoms with Crippen LogP contribution in [0.15, 0.2) is 30.3 Å². The maximum atomic E-state index is 8.64. The number of halogens is 1. The van der Waals surface area contributed by atoms with Gasteiger partial charge in [0, 0.05) is 8.96 Å². The second-order valence-electron chi connectivity index (χ2n) is 2.65. The van der Waals surface area contributed by atoms with Gasteiger partial charge in [-0.1, -0.05) is 0 Å². The first-order valence-electron chi connectivity index (χ1n) is 3.76. The maximum Gasteiger partial charge on any atom is 0.141 e. The van der Waals surface area contributed by atoms with Crippen LogP contribution in [0, 0.1) is 14.9 Å². The number of nitrogens with zero attached hydrogens (tertiary/aromatic N) is 2. The van der Waals surface area contributed by atoms with Gasteiger partial charge in [-0.25, -0.2) is 4.98 Å². The normalized spacial score (nSPS) is 9.85. The first kappa shape index (κ1) is 8.45. The van der Waals surface area contributed by atoms with Crippen LogP contribution in [0.3, 0.4) is 0 Å². The summed E-state index contributed by atoms with van der Waals surface area (Å²) in [5.74, 6) is 0. The van der Waals surface area contributed by atoms with Crippen molar-refractivity contribution in [1.29, 1.82) is 5.26 Å². The molecule has 0 spiro atoms. The van der Waals surface area contributed by atoms with E-state index in [0.29, 0.717) is 5.69 Å². The smallest absolute Gasteiger partial charge is 0.141 e. The molecule has 0 aliphatic carbocycles. The molecule has 1 aromatic heterocycles. The fourth-order valence-corrected chi connectivity index (χ4v) is 1.67. The zero-order chi connectivity index (χ0) is 9.26. The summed E-state index contributed by atoms with van der Waals surface area (Å²) < 4.78 is 1.18. The van der Waals surface area contributed by atoms with Crippen LogP contribution in [-0.2, 0) is 0 Å². The van der Waals surface area contributed by atoms with Crippen molar-refractivity contribution in [1.82, 2.24) is 4.98 Å².